The quantitative estimate of drug-likeness (QED) is 0.303. The number of aliphatic hydroxyl groups is 1. The first-order valence-electron chi connectivity index (χ1n) is 11.9. The first kappa shape index (κ1) is 23.1. The number of nitrogens with zero attached hydrogens (tertiary/aromatic N) is 1. The lowest BCUT2D eigenvalue weighted by Crippen LogP contribution is -2.22. The molecule has 0 saturated carbocycles. The number of nitrogens with one attached hydrogen (secondary N) is 1. The average Bonchev–Trinajstić information content (AvgIpc) is 2.86. The lowest BCUT2D eigenvalue weighted by Gasteiger charge is -2.33. The van der Waals surface area contributed by atoms with Crippen molar-refractivity contribution in [3.8, 4) is 11.5 Å². The molecule has 0 radical (unpaired) electrons. The van der Waals surface area contributed by atoms with Crippen LogP contribution >= 0.6 is 0 Å². The Labute approximate surface area is 197 Å². The van der Waals surface area contributed by atoms with E-state index in [0.717, 1.165) is 58.2 Å². The highest BCUT2D eigenvalue weighted by molar-refractivity contribution is 5.70. The molecule has 0 bridgehead atoms. The maximum absolute atomic E-state index is 10.1. The van der Waals surface area contributed by atoms with E-state index in [1.165, 1.54) is 0 Å². The van der Waals surface area contributed by atoms with Crippen molar-refractivity contribution in [1.29, 1.82) is 0 Å². The highest BCUT2D eigenvalue weighted by Crippen LogP contribution is 2.51. The molecule has 0 aliphatic carbocycles. The van der Waals surface area contributed by atoms with Crippen molar-refractivity contribution >= 4 is 11.4 Å². The molecule has 174 valence electrons. The Morgan fingerprint density at radius 2 is 1.76 bits per heavy atom. The van der Waals surface area contributed by atoms with Crippen molar-refractivity contribution in [3.05, 3.63) is 82.9 Å². The molecule has 0 fully saturated rings. The number of fused-ring (bicyclic) bond motifs is 2. The van der Waals surface area contributed by atoms with Crippen LogP contribution in [0.2, 0.25) is 0 Å². The Morgan fingerprint density at radius 1 is 0.939 bits per heavy atom. The first-order chi connectivity index (χ1) is 16.2. The smallest absolute Gasteiger partial charge is 0.133 e. The summed E-state index contributed by atoms with van der Waals surface area (Å²) in [4.78, 5) is 2.32. The number of anilines is 2. The summed E-state index contributed by atoms with van der Waals surface area (Å²) in [5.41, 5.74) is 6.42. The molecule has 0 saturated heterocycles. The van der Waals surface area contributed by atoms with Gasteiger partial charge < -0.3 is 24.8 Å². The molecule has 1 unspecified atom stereocenters. The molecular formula is C28H34N2O3. The van der Waals surface area contributed by atoms with Gasteiger partial charge in [-0.25, -0.2) is 0 Å². The zero-order chi connectivity index (χ0) is 23.2. The molecule has 1 heterocycles. The summed E-state index contributed by atoms with van der Waals surface area (Å²) in [5.74, 6) is 1.67. The monoisotopic (exact) mass is 446 g/mol. The van der Waals surface area contributed by atoms with Crippen molar-refractivity contribution in [3.63, 3.8) is 0 Å². The van der Waals surface area contributed by atoms with Gasteiger partial charge in [-0.3, -0.25) is 0 Å². The van der Waals surface area contributed by atoms with Crippen molar-refractivity contribution in [1.82, 2.24) is 0 Å². The van der Waals surface area contributed by atoms with Crippen LogP contribution in [-0.2, 0) is 11.3 Å². The van der Waals surface area contributed by atoms with Crippen LogP contribution in [0.3, 0.4) is 0 Å². The van der Waals surface area contributed by atoms with Crippen LogP contribution < -0.4 is 15.0 Å². The number of benzene rings is 3. The second-order valence-corrected chi connectivity index (χ2v) is 8.13. The maximum atomic E-state index is 10.1. The van der Waals surface area contributed by atoms with Gasteiger partial charge in [0, 0.05) is 60.7 Å². The standard InChI is InChI=1S/C28H34N2O3/c1-4-30(5-2)21-14-15-23-26(18-21)33-25-13-9-12-24(29-16-17-32-6-3)28(25)27(23)22-11-8-7-10-20(22)19-31/h7-15,18,27,29,31H,4-6,16-17,19H2,1-3H3. The molecular weight excluding hydrogens is 412 g/mol. The van der Waals surface area contributed by atoms with E-state index in [1.54, 1.807) is 0 Å². The number of rotatable bonds is 10. The second kappa shape index (κ2) is 10.7. The van der Waals surface area contributed by atoms with E-state index in [1.807, 2.05) is 37.3 Å². The molecule has 5 nitrogen and oxygen atoms in total. The lowest BCUT2D eigenvalue weighted by atomic mass is 9.80. The molecule has 0 spiro atoms. The van der Waals surface area contributed by atoms with Crippen LogP contribution in [-0.4, -0.2) is 38.0 Å². The molecule has 1 aliphatic rings. The van der Waals surface area contributed by atoms with E-state index in [2.05, 4.69) is 54.4 Å². The SMILES string of the molecule is CCOCCNc1cccc2c1C(c1ccccc1CO)c1ccc(N(CC)CC)cc1O2. The molecule has 33 heavy (non-hydrogen) atoms. The van der Waals surface area contributed by atoms with Gasteiger partial charge >= 0.3 is 0 Å². The summed E-state index contributed by atoms with van der Waals surface area (Å²) < 4.78 is 12.0. The van der Waals surface area contributed by atoms with Gasteiger partial charge in [0.25, 0.3) is 0 Å². The molecule has 5 heteroatoms. The van der Waals surface area contributed by atoms with E-state index in [9.17, 15) is 5.11 Å². The van der Waals surface area contributed by atoms with Crippen LogP contribution in [0.15, 0.2) is 60.7 Å². The first-order valence-corrected chi connectivity index (χ1v) is 11.9. The topological polar surface area (TPSA) is 54.0 Å². The minimum Gasteiger partial charge on any atom is -0.457 e. The van der Waals surface area contributed by atoms with Gasteiger partial charge in [0.05, 0.1) is 13.2 Å². The normalized spacial score (nSPS) is 14.2. The Hall–Kier alpha value is -3.02. The van der Waals surface area contributed by atoms with E-state index in [4.69, 9.17) is 9.47 Å². The predicted octanol–water partition coefficient (Wildman–Crippen LogP) is 5.76. The van der Waals surface area contributed by atoms with Gasteiger partial charge in [0.1, 0.15) is 11.5 Å². The van der Waals surface area contributed by atoms with Gasteiger partial charge in [0.2, 0.25) is 0 Å². The predicted molar refractivity (Wildman–Crippen MR) is 135 cm³/mol. The molecule has 1 aliphatic heterocycles. The van der Waals surface area contributed by atoms with Crippen molar-refractivity contribution in [2.75, 3.05) is 43.1 Å². The molecule has 1 atom stereocenters. The van der Waals surface area contributed by atoms with Crippen LogP contribution in [0.1, 0.15) is 48.9 Å². The summed E-state index contributed by atoms with van der Waals surface area (Å²) in [6.07, 6.45) is 0. The van der Waals surface area contributed by atoms with Gasteiger partial charge in [-0.1, -0.05) is 36.4 Å². The van der Waals surface area contributed by atoms with Crippen LogP contribution in [0, 0.1) is 0 Å². The minimum atomic E-state index is -0.0475. The summed E-state index contributed by atoms with van der Waals surface area (Å²) in [6, 6.07) is 20.8. The van der Waals surface area contributed by atoms with Crippen LogP contribution in [0.4, 0.5) is 11.4 Å². The van der Waals surface area contributed by atoms with Crippen molar-refractivity contribution < 1.29 is 14.6 Å². The summed E-state index contributed by atoms with van der Waals surface area (Å²) in [5, 5.41) is 13.7. The van der Waals surface area contributed by atoms with E-state index < -0.39 is 0 Å². The third-order valence-electron chi connectivity index (χ3n) is 6.31. The van der Waals surface area contributed by atoms with Gasteiger partial charge in [-0.2, -0.15) is 0 Å². The summed E-state index contributed by atoms with van der Waals surface area (Å²) in [7, 11) is 0. The summed E-state index contributed by atoms with van der Waals surface area (Å²) in [6.45, 7) is 10.3. The Morgan fingerprint density at radius 3 is 2.52 bits per heavy atom. The number of hydrogen-bond acceptors (Lipinski definition) is 5. The maximum Gasteiger partial charge on any atom is 0.133 e. The molecule has 0 aromatic heterocycles. The molecule has 3 aromatic carbocycles. The van der Waals surface area contributed by atoms with Crippen LogP contribution in [0.5, 0.6) is 11.5 Å². The highest BCUT2D eigenvalue weighted by Gasteiger charge is 2.32. The Kier molecular flexibility index (Phi) is 7.53. The molecule has 2 N–H and O–H groups in total. The summed E-state index contributed by atoms with van der Waals surface area (Å²) >= 11 is 0. The largest absolute Gasteiger partial charge is 0.457 e. The molecule has 0 amide bonds. The fourth-order valence-corrected chi connectivity index (χ4v) is 4.68. The molecule has 3 aromatic rings. The average molecular weight is 447 g/mol. The lowest BCUT2D eigenvalue weighted by molar-refractivity contribution is 0.158. The Bertz CT molecular complexity index is 1080. The van der Waals surface area contributed by atoms with E-state index in [0.29, 0.717) is 19.8 Å². The third-order valence-corrected chi connectivity index (χ3v) is 6.31. The van der Waals surface area contributed by atoms with Crippen molar-refractivity contribution in [2.24, 2.45) is 0 Å². The second-order valence-electron chi connectivity index (χ2n) is 8.13. The fourth-order valence-electron chi connectivity index (χ4n) is 4.68. The molecule has 4 rings (SSSR count). The fraction of sp³-hybridized carbons (Fsp3) is 0.357. The zero-order valence-corrected chi connectivity index (χ0v) is 19.8. The minimum absolute atomic E-state index is 0.00430. The van der Waals surface area contributed by atoms with E-state index in [-0.39, 0.29) is 12.5 Å². The van der Waals surface area contributed by atoms with E-state index >= 15 is 0 Å². The highest BCUT2D eigenvalue weighted by atomic mass is 16.5. The van der Waals surface area contributed by atoms with Gasteiger partial charge in [-0.15, -0.1) is 0 Å². The van der Waals surface area contributed by atoms with Gasteiger partial charge in [-0.05, 0) is 50.1 Å². The van der Waals surface area contributed by atoms with Crippen molar-refractivity contribution in [2.45, 2.75) is 33.3 Å². The number of aliphatic hydroxyl groups excluding tert-OH is 1. The van der Waals surface area contributed by atoms with Crippen LogP contribution in [0.25, 0.3) is 0 Å². The third kappa shape index (κ3) is 4.70. The number of hydrogen-bond donors (Lipinski definition) is 2. The Balaban J connectivity index is 1.84. The zero-order valence-electron chi connectivity index (χ0n) is 19.8. The van der Waals surface area contributed by atoms with Gasteiger partial charge in [0.15, 0.2) is 0 Å². The number of ether oxygens (including phenoxy) is 2.